The minimum absolute atomic E-state index is 0.0247. The van der Waals surface area contributed by atoms with Crippen molar-refractivity contribution in [2.75, 3.05) is 35.7 Å². The fourth-order valence-electron chi connectivity index (χ4n) is 5.52. The van der Waals surface area contributed by atoms with Gasteiger partial charge in [-0.25, -0.2) is 13.8 Å². The molecule has 1 atom stereocenters. The second kappa shape index (κ2) is 9.50. The molecule has 38 heavy (non-hydrogen) atoms. The molecule has 3 aromatic rings. The highest BCUT2D eigenvalue weighted by Gasteiger charge is 2.45. The van der Waals surface area contributed by atoms with Gasteiger partial charge in [-0.05, 0) is 67.6 Å². The zero-order chi connectivity index (χ0) is 26.5. The molecule has 2 N–H and O–H groups in total. The van der Waals surface area contributed by atoms with E-state index >= 15 is 0 Å². The number of carbonyl (C=O) groups is 1. The average Bonchev–Trinajstić information content (AvgIpc) is 3.61. The number of nitrogens with zero attached hydrogens (tertiary/aromatic N) is 3. The van der Waals surface area contributed by atoms with Crippen LogP contribution in [0.5, 0.6) is 0 Å². The third kappa shape index (κ3) is 4.39. The van der Waals surface area contributed by atoms with E-state index in [1.54, 1.807) is 12.1 Å². The normalized spacial score (nSPS) is 21.1. The second-order valence-corrected chi connectivity index (χ2v) is 11.9. The van der Waals surface area contributed by atoms with E-state index in [0.29, 0.717) is 60.3 Å². The number of aromatic nitrogens is 2. The van der Waals surface area contributed by atoms with Gasteiger partial charge < -0.3 is 15.3 Å². The Morgan fingerprint density at radius 1 is 0.974 bits per heavy atom. The van der Waals surface area contributed by atoms with Crippen LogP contribution in [-0.2, 0) is 22.6 Å². The molecule has 1 saturated carbocycles. The van der Waals surface area contributed by atoms with Crippen molar-refractivity contribution < 1.29 is 22.9 Å². The zero-order valence-electron chi connectivity index (χ0n) is 20.8. The van der Waals surface area contributed by atoms with Crippen molar-refractivity contribution in [3.05, 3.63) is 77.0 Å². The molecule has 10 heteroatoms. The molecule has 1 aliphatic carbocycles. The van der Waals surface area contributed by atoms with Crippen molar-refractivity contribution in [2.45, 2.75) is 48.0 Å². The van der Waals surface area contributed by atoms with Gasteiger partial charge in [0.25, 0.3) is 0 Å². The molecule has 0 spiro atoms. The van der Waals surface area contributed by atoms with E-state index in [0.717, 1.165) is 24.1 Å². The maximum absolute atomic E-state index is 13.9. The van der Waals surface area contributed by atoms with Gasteiger partial charge in [0.15, 0.2) is 5.78 Å². The maximum Gasteiger partial charge on any atom is 0.227 e. The van der Waals surface area contributed by atoms with Crippen LogP contribution in [0.15, 0.2) is 53.4 Å². The number of ketones is 1. The highest BCUT2D eigenvalue weighted by molar-refractivity contribution is 7.85. The number of fused-ring (bicyclic) bond motifs is 1. The predicted octanol–water partition coefficient (Wildman–Crippen LogP) is 3.78. The molecule has 6 rings (SSSR count). The number of nitrogens with one attached hydrogen (secondary N) is 1. The van der Waals surface area contributed by atoms with Crippen LogP contribution in [0.3, 0.4) is 0 Å². The van der Waals surface area contributed by atoms with E-state index in [4.69, 9.17) is 9.97 Å². The lowest BCUT2D eigenvalue weighted by atomic mass is 9.68. The number of piperidine rings is 1. The standard InChI is InChI=1S/C28H28F2N4O3S/c29-20-5-1-18(2-6-20)24(36)28(19-3-7-21(30)8-4-19)12-14-34(15-13-28)26-31-22-9-16-38(37)23(22)25(32-26)33-27(17-35)10-11-27/h1-8,35H,9-17H2,(H,31,32,33). The molecule has 0 amide bonds. The van der Waals surface area contributed by atoms with Crippen molar-refractivity contribution in [1.29, 1.82) is 0 Å². The highest BCUT2D eigenvalue weighted by atomic mass is 32.2. The van der Waals surface area contributed by atoms with Gasteiger partial charge in [0.05, 0.1) is 34.1 Å². The molecular weight excluding hydrogens is 510 g/mol. The highest BCUT2D eigenvalue weighted by Crippen LogP contribution is 2.43. The van der Waals surface area contributed by atoms with Gasteiger partial charge in [0, 0.05) is 30.8 Å². The third-order valence-electron chi connectivity index (χ3n) is 8.05. The molecule has 2 aliphatic heterocycles. The Morgan fingerprint density at radius 3 is 2.21 bits per heavy atom. The SMILES string of the molecule is O=C(c1ccc(F)cc1)C1(c2ccc(F)cc2)CCN(c2nc3c(c(NC4(CO)CC4)n2)S(=O)CC3)CC1. The van der Waals surface area contributed by atoms with Gasteiger partial charge in [0.1, 0.15) is 22.3 Å². The number of Topliss-reactive ketones (excluding diaryl/α,β-unsaturated/α-hetero) is 1. The first-order chi connectivity index (χ1) is 18.3. The largest absolute Gasteiger partial charge is 0.394 e. The summed E-state index contributed by atoms with van der Waals surface area (Å²) in [6, 6.07) is 11.6. The number of carbonyl (C=O) groups excluding carboxylic acids is 1. The molecule has 1 saturated heterocycles. The Labute approximate surface area is 221 Å². The smallest absolute Gasteiger partial charge is 0.227 e. The number of halogens is 2. The first kappa shape index (κ1) is 25.1. The summed E-state index contributed by atoms with van der Waals surface area (Å²) >= 11 is 0. The molecule has 1 aromatic heterocycles. The predicted molar refractivity (Wildman–Crippen MR) is 140 cm³/mol. The van der Waals surface area contributed by atoms with Crippen molar-refractivity contribution >= 4 is 28.3 Å². The van der Waals surface area contributed by atoms with Gasteiger partial charge in [-0.2, -0.15) is 4.98 Å². The van der Waals surface area contributed by atoms with E-state index in [-0.39, 0.29) is 18.2 Å². The molecule has 0 radical (unpaired) electrons. The summed E-state index contributed by atoms with van der Waals surface area (Å²) < 4.78 is 40.0. The van der Waals surface area contributed by atoms with Crippen molar-refractivity contribution in [2.24, 2.45) is 0 Å². The van der Waals surface area contributed by atoms with E-state index in [1.807, 2.05) is 4.90 Å². The molecular formula is C28H28F2N4O3S. The number of hydrogen-bond acceptors (Lipinski definition) is 7. The van der Waals surface area contributed by atoms with Gasteiger partial charge >= 0.3 is 0 Å². The minimum atomic E-state index is -1.19. The minimum Gasteiger partial charge on any atom is -0.394 e. The van der Waals surface area contributed by atoms with Crippen LogP contribution < -0.4 is 10.2 Å². The summed E-state index contributed by atoms with van der Waals surface area (Å²) in [6.07, 6.45) is 3.10. The zero-order valence-corrected chi connectivity index (χ0v) is 21.6. The lowest BCUT2D eigenvalue weighted by Gasteiger charge is -2.41. The molecule has 2 aromatic carbocycles. The molecule has 3 heterocycles. The Hall–Kier alpha value is -3.24. The van der Waals surface area contributed by atoms with E-state index in [9.17, 15) is 22.9 Å². The van der Waals surface area contributed by atoms with Crippen molar-refractivity contribution in [3.63, 3.8) is 0 Å². The molecule has 7 nitrogen and oxygen atoms in total. The van der Waals surface area contributed by atoms with Crippen LogP contribution >= 0.6 is 0 Å². The summed E-state index contributed by atoms with van der Waals surface area (Å²) in [5.74, 6) is 0.589. The number of aryl methyl sites for hydroxylation is 1. The fourth-order valence-corrected chi connectivity index (χ4v) is 6.82. The lowest BCUT2D eigenvalue weighted by molar-refractivity contribution is 0.0854. The van der Waals surface area contributed by atoms with Crippen LogP contribution in [0, 0.1) is 11.6 Å². The molecule has 0 bridgehead atoms. The van der Waals surface area contributed by atoms with Crippen molar-refractivity contribution in [3.8, 4) is 0 Å². The Balaban J connectivity index is 1.32. The number of benzene rings is 2. The third-order valence-corrected chi connectivity index (χ3v) is 9.51. The Morgan fingerprint density at radius 2 is 1.61 bits per heavy atom. The van der Waals surface area contributed by atoms with Crippen LogP contribution in [-0.4, -0.2) is 56.1 Å². The number of rotatable bonds is 7. The first-order valence-corrected chi connectivity index (χ1v) is 14.1. The number of anilines is 2. The average molecular weight is 539 g/mol. The van der Waals surface area contributed by atoms with Crippen molar-refractivity contribution in [1.82, 2.24) is 9.97 Å². The van der Waals surface area contributed by atoms with Gasteiger partial charge in [-0.3, -0.25) is 9.00 Å². The number of aliphatic hydroxyl groups is 1. The Bertz CT molecular complexity index is 1400. The molecule has 3 aliphatic rings. The summed E-state index contributed by atoms with van der Waals surface area (Å²) in [4.78, 5) is 26.0. The van der Waals surface area contributed by atoms with Gasteiger partial charge in [-0.15, -0.1) is 0 Å². The van der Waals surface area contributed by atoms with E-state index < -0.39 is 27.6 Å². The first-order valence-electron chi connectivity index (χ1n) is 12.8. The summed E-state index contributed by atoms with van der Waals surface area (Å²) in [5.41, 5.74) is 0.552. The van der Waals surface area contributed by atoms with Crippen LogP contribution in [0.1, 0.15) is 47.3 Å². The number of hydrogen-bond donors (Lipinski definition) is 2. The summed E-state index contributed by atoms with van der Waals surface area (Å²) in [5, 5.41) is 13.2. The fraction of sp³-hybridized carbons (Fsp3) is 0.393. The molecule has 1 unspecified atom stereocenters. The van der Waals surface area contributed by atoms with Crippen LogP contribution in [0.2, 0.25) is 0 Å². The van der Waals surface area contributed by atoms with E-state index in [1.165, 1.54) is 36.4 Å². The maximum atomic E-state index is 13.9. The van der Waals surface area contributed by atoms with Gasteiger partial charge in [0.2, 0.25) is 5.95 Å². The number of aliphatic hydroxyl groups excluding tert-OH is 1. The molecule has 2 fully saturated rings. The molecule has 198 valence electrons. The summed E-state index contributed by atoms with van der Waals surface area (Å²) in [7, 11) is -1.19. The quantitative estimate of drug-likeness (QED) is 0.442. The van der Waals surface area contributed by atoms with Crippen LogP contribution in [0.4, 0.5) is 20.5 Å². The van der Waals surface area contributed by atoms with Gasteiger partial charge in [-0.1, -0.05) is 12.1 Å². The van der Waals surface area contributed by atoms with Crippen LogP contribution in [0.25, 0.3) is 0 Å². The lowest BCUT2D eigenvalue weighted by Crippen LogP contribution is -2.48. The second-order valence-electron chi connectivity index (χ2n) is 10.4. The van der Waals surface area contributed by atoms with E-state index in [2.05, 4.69) is 5.32 Å². The monoisotopic (exact) mass is 538 g/mol. The Kier molecular flexibility index (Phi) is 6.26. The topological polar surface area (TPSA) is 95.4 Å². The summed E-state index contributed by atoms with van der Waals surface area (Å²) in [6.45, 7) is 0.913.